The standard InChI is InChI=1S/C17H20FN3O2S/c1-4-6-12(5-2)13-7-11(3)16(18)15(8-13)17(22)20-21-24(23)14-9-19-10-14/h4-8,14,19,21H,1-2,9-10H2,3H3,(H,20,22)/b12-6+. The normalized spacial score (nSPS) is 16.2. The lowest BCUT2D eigenvalue weighted by Gasteiger charge is -2.26. The van der Waals surface area contributed by atoms with Crippen molar-refractivity contribution in [3.63, 3.8) is 0 Å². The topological polar surface area (TPSA) is 70.2 Å². The minimum Gasteiger partial charge on any atom is -0.314 e. The fraction of sp³-hybridized carbons (Fsp3) is 0.235. The van der Waals surface area contributed by atoms with Gasteiger partial charge in [0.25, 0.3) is 5.91 Å². The fourth-order valence-corrected chi connectivity index (χ4v) is 3.07. The molecule has 1 amide bonds. The highest BCUT2D eigenvalue weighted by molar-refractivity contribution is 7.83. The van der Waals surface area contributed by atoms with Crippen molar-refractivity contribution in [2.24, 2.45) is 0 Å². The van der Waals surface area contributed by atoms with Gasteiger partial charge < -0.3 is 5.32 Å². The summed E-state index contributed by atoms with van der Waals surface area (Å²) in [6.45, 7) is 10.1. The first kappa shape index (κ1) is 18.3. The highest BCUT2D eigenvalue weighted by atomic mass is 32.2. The summed E-state index contributed by atoms with van der Waals surface area (Å²) in [5.41, 5.74) is 3.89. The second-order valence-electron chi connectivity index (χ2n) is 5.35. The second-order valence-corrected chi connectivity index (χ2v) is 6.82. The number of carbonyl (C=O) groups excluding carboxylic acids is 1. The fourth-order valence-electron chi connectivity index (χ4n) is 2.17. The van der Waals surface area contributed by atoms with Crippen LogP contribution in [0.5, 0.6) is 0 Å². The Balaban J connectivity index is 2.21. The second kappa shape index (κ2) is 8.14. The largest absolute Gasteiger partial charge is 0.314 e. The van der Waals surface area contributed by atoms with Crippen LogP contribution in [0, 0.1) is 12.7 Å². The summed E-state index contributed by atoms with van der Waals surface area (Å²) in [5.74, 6) is -1.30. The van der Waals surface area contributed by atoms with Gasteiger partial charge in [0.2, 0.25) is 0 Å². The molecule has 1 fully saturated rings. The molecule has 7 heteroatoms. The SMILES string of the molecule is C=C/C=C(\C=C)c1cc(C)c(F)c(C(=O)NNS(=O)C2CNC2)c1. The minimum atomic E-state index is -1.41. The number of amides is 1. The van der Waals surface area contributed by atoms with E-state index in [9.17, 15) is 13.4 Å². The zero-order chi connectivity index (χ0) is 17.7. The zero-order valence-corrected chi connectivity index (χ0v) is 14.2. The van der Waals surface area contributed by atoms with Crippen LogP contribution in [-0.2, 0) is 11.0 Å². The van der Waals surface area contributed by atoms with E-state index in [-0.39, 0.29) is 10.8 Å². The first-order valence-electron chi connectivity index (χ1n) is 7.41. The van der Waals surface area contributed by atoms with Crippen molar-refractivity contribution in [1.29, 1.82) is 0 Å². The molecule has 0 radical (unpaired) electrons. The molecular formula is C17H20FN3O2S. The van der Waals surface area contributed by atoms with Gasteiger partial charge in [-0.15, -0.1) is 0 Å². The van der Waals surface area contributed by atoms with Crippen LogP contribution in [0.1, 0.15) is 21.5 Å². The number of hydrazine groups is 1. The van der Waals surface area contributed by atoms with Crippen LogP contribution in [-0.4, -0.2) is 28.5 Å². The Kier molecular flexibility index (Phi) is 6.19. The van der Waals surface area contributed by atoms with E-state index in [4.69, 9.17) is 0 Å². The molecule has 1 aromatic rings. The Bertz CT molecular complexity index is 727. The number of allylic oxidation sites excluding steroid dienone is 4. The summed E-state index contributed by atoms with van der Waals surface area (Å²) in [6.07, 6.45) is 4.91. The Morgan fingerprint density at radius 3 is 2.67 bits per heavy atom. The van der Waals surface area contributed by atoms with Gasteiger partial charge in [-0.1, -0.05) is 31.4 Å². The lowest BCUT2D eigenvalue weighted by atomic mass is 9.99. The summed E-state index contributed by atoms with van der Waals surface area (Å²) < 4.78 is 26.1. The predicted molar refractivity (Wildman–Crippen MR) is 94.9 cm³/mol. The molecule has 1 atom stereocenters. The first-order chi connectivity index (χ1) is 11.5. The molecule has 1 aromatic carbocycles. The Hall–Kier alpha value is -2.09. The number of carbonyl (C=O) groups is 1. The number of nitrogens with one attached hydrogen (secondary N) is 3. The van der Waals surface area contributed by atoms with Gasteiger partial charge in [-0.2, -0.15) is 4.83 Å². The van der Waals surface area contributed by atoms with Crippen LogP contribution in [0.3, 0.4) is 0 Å². The smallest absolute Gasteiger partial charge is 0.269 e. The molecule has 1 saturated heterocycles. The van der Waals surface area contributed by atoms with Gasteiger partial charge in [-0.05, 0) is 35.8 Å². The number of halogens is 1. The predicted octanol–water partition coefficient (Wildman–Crippen LogP) is 1.76. The average Bonchev–Trinajstić information content (AvgIpc) is 2.51. The number of hydrogen-bond acceptors (Lipinski definition) is 3. The van der Waals surface area contributed by atoms with Gasteiger partial charge in [0, 0.05) is 13.1 Å². The van der Waals surface area contributed by atoms with Gasteiger partial charge in [-0.3, -0.25) is 10.2 Å². The van der Waals surface area contributed by atoms with Crippen LogP contribution in [0.15, 0.2) is 43.5 Å². The zero-order valence-electron chi connectivity index (χ0n) is 13.4. The average molecular weight is 349 g/mol. The number of hydrogen-bond donors (Lipinski definition) is 3. The summed E-state index contributed by atoms with van der Waals surface area (Å²) in [7, 11) is -1.41. The van der Waals surface area contributed by atoms with Gasteiger partial charge in [0.1, 0.15) is 16.8 Å². The van der Waals surface area contributed by atoms with Gasteiger partial charge in [0.15, 0.2) is 0 Å². The van der Waals surface area contributed by atoms with Crippen LogP contribution in [0.2, 0.25) is 0 Å². The summed E-state index contributed by atoms with van der Waals surface area (Å²) >= 11 is 0. The molecule has 0 aliphatic carbocycles. The van der Waals surface area contributed by atoms with E-state index < -0.39 is 22.7 Å². The van der Waals surface area contributed by atoms with Crippen molar-refractivity contribution >= 4 is 22.5 Å². The Labute approximate surface area is 143 Å². The summed E-state index contributed by atoms with van der Waals surface area (Å²) in [5, 5.41) is 2.92. The summed E-state index contributed by atoms with van der Waals surface area (Å²) in [4.78, 5) is 14.7. The Morgan fingerprint density at radius 2 is 2.12 bits per heavy atom. The number of benzene rings is 1. The van der Waals surface area contributed by atoms with E-state index in [1.54, 1.807) is 31.2 Å². The van der Waals surface area contributed by atoms with Crippen LogP contribution in [0.25, 0.3) is 5.57 Å². The molecule has 0 spiro atoms. The molecule has 0 saturated carbocycles. The van der Waals surface area contributed by atoms with E-state index >= 15 is 0 Å². The highest BCUT2D eigenvalue weighted by Crippen LogP contribution is 2.22. The Morgan fingerprint density at radius 1 is 1.42 bits per heavy atom. The number of rotatable bonds is 7. The third-order valence-electron chi connectivity index (χ3n) is 3.66. The molecule has 2 rings (SSSR count). The lowest BCUT2D eigenvalue weighted by Crippen LogP contribution is -2.55. The monoisotopic (exact) mass is 349 g/mol. The molecule has 128 valence electrons. The quantitative estimate of drug-likeness (QED) is 0.519. The maximum Gasteiger partial charge on any atom is 0.269 e. The molecule has 1 heterocycles. The van der Waals surface area contributed by atoms with Gasteiger partial charge >= 0.3 is 0 Å². The van der Waals surface area contributed by atoms with Crippen molar-refractivity contribution in [3.8, 4) is 0 Å². The van der Waals surface area contributed by atoms with E-state index in [1.165, 1.54) is 6.07 Å². The summed E-state index contributed by atoms with van der Waals surface area (Å²) in [6, 6.07) is 3.07. The molecule has 24 heavy (non-hydrogen) atoms. The molecule has 3 N–H and O–H groups in total. The van der Waals surface area contributed by atoms with Gasteiger partial charge in [0.05, 0.1) is 10.8 Å². The molecule has 1 aliphatic heterocycles. The van der Waals surface area contributed by atoms with Crippen molar-refractivity contribution in [2.75, 3.05) is 13.1 Å². The van der Waals surface area contributed by atoms with E-state index in [1.807, 2.05) is 0 Å². The third-order valence-corrected chi connectivity index (χ3v) is 4.90. The van der Waals surface area contributed by atoms with E-state index in [0.717, 1.165) is 5.57 Å². The molecule has 1 aliphatic rings. The molecule has 0 bridgehead atoms. The van der Waals surface area contributed by atoms with Crippen LogP contribution < -0.4 is 15.6 Å². The van der Waals surface area contributed by atoms with Gasteiger partial charge in [-0.25, -0.2) is 8.60 Å². The third kappa shape index (κ3) is 4.05. The van der Waals surface area contributed by atoms with Crippen LogP contribution in [0.4, 0.5) is 4.39 Å². The van der Waals surface area contributed by atoms with E-state index in [2.05, 4.69) is 28.7 Å². The van der Waals surface area contributed by atoms with Crippen molar-refractivity contribution in [1.82, 2.24) is 15.6 Å². The van der Waals surface area contributed by atoms with Crippen molar-refractivity contribution < 1.29 is 13.4 Å². The van der Waals surface area contributed by atoms with Crippen LogP contribution >= 0.6 is 0 Å². The maximum atomic E-state index is 14.3. The number of aryl methyl sites for hydroxylation is 1. The molecular weight excluding hydrogens is 329 g/mol. The maximum absolute atomic E-state index is 14.3. The van der Waals surface area contributed by atoms with Crippen molar-refractivity contribution in [3.05, 3.63) is 66.0 Å². The van der Waals surface area contributed by atoms with Crippen molar-refractivity contribution in [2.45, 2.75) is 12.2 Å². The first-order valence-corrected chi connectivity index (χ1v) is 8.62. The minimum absolute atomic E-state index is 0.0638. The van der Waals surface area contributed by atoms with E-state index in [0.29, 0.717) is 24.2 Å². The molecule has 5 nitrogen and oxygen atoms in total. The lowest BCUT2D eigenvalue weighted by molar-refractivity contribution is 0.0941. The molecule has 0 aromatic heterocycles. The highest BCUT2D eigenvalue weighted by Gasteiger charge is 2.24. The molecule has 1 unspecified atom stereocenters.